The molecule has 1 atom stereocenters. The molecule has 0 bridgehead atoms. The zero-order valence-electron chi connectivity index (χ0n) is 11.7. The minimum atomic E-state index is -0.341. The Hall–Kier alpha value is -1.42. The number of nitrogens with one attached hydrogen (secondary N) is 1. The highest BCUT2D eigenvalue weighted by atomic mass is 16.5. The van der Waals surface area contributed by atoms with Gasteiger partial charge >= 0.3 is 5.97 Å². The van der Waals surface area contributed by atoms with Crippen LogP contribution in [0, 0.1) is 5.92 Å². The Morgan fingerprint density at radius 1 is 1.47 bits per heavy atom. The van der Waals surface area contributed by atoms with Crippen molar-refractivity contribution in [1.82, 2.24) is 10.3 Å². The predicted octanol–water partition coefficient (Wildman–Crippen LogP) is 2.54. The lowest BCUT2D eigenvalue weighted by molar-refractivity contribution is 0.0600. The summed E-state index contributed by atoms with van der Waals surface area (Å²) >= 11 is 0. The highest BCUT2D eigenvalue weighted by Gasteiger charge is 2.20. The summed E-state index contributed by atoms with van der Waals surface area (Å²) in [4.78, 5) is 15.6. The van der Waals surface area contributed by atoms with E-state index in [0.29, 0.717) is 11.6 Å². The molecule has 4 heteroatoms. The largest absolute Gasteiger partial charge is 0.465 e. The van der Waals surface area contributed by atoms with E-state index in [0.717, 1.165) is 18.2 Å². The standard InChI is InChI=1S/C15H22N2O2/c1-11(12-5-3-4-6-12)16-10-14-8-7-13(9-17-14)15(18)19-2/h7-9,11-12,16H,3-6,10H2,1-2H3. The lowest BCUT2D eigenvalue weighted by atomic mass is 10.00. The number of methoxy groups -OCH3 is 1. The van der Waals surface area contributed by atoms with Crippen LogP contribution in [0.5, 0.6) is 0 Å². The first-order valence-corrected chi connectivity index (χ1v) is 6.97. The molecule has 1 fully saturated rings. The zero-order valence-corrected chi connectivity index (χ0v) is 11.7. The van der Waals surface area contributed by atoms with Crippen LogP contribution in [0.2, 0.25) is 0 Å². The summed E-state index contributed by atoms with van der Waals surface area (Å²) in [5.74, 6) is 0.459. The fraction of sp³-hybridized carbons (Fsp3) is 0.600. The average Bonchev–Trinajstić information content (AvgIpc) is 2.98. The first kappa shape index (κ1) is 14.0. The van der Waals surface area contributed by atoms with Gasteiger partial charge in [-0.05, 0) is 37.8 Å². The minimum absolute atomic E-state index is 0.341. The number of aromatic nitrogens is 1. The monoisotopic (exact) mass is 262 g/mol. The Morgan fingerprint density at radius 3 is 2.79 bits per heavy atom. The van der Waals surface area contributed by atoms with Crippen LogP contribution in [0.25, 0.3) is 0 Å². The smallest absolute Gasteiger partial charge is 0.339 e. The second-order valence-electron chi connectivity index (χ2n) is 5.24. The lowest BCUT2D eigenvalue weighted by Gasteiger charge is -2.20. The van der Waals surface area contributed by atoms with E-state index in [2.05, 4.69) is 22.0 Å². The molecule has 19 heavy (non-hydrogen) atoms. The van der Waals surface area contributed by atoms with Gasteiger partial charge in [0.25, 0.3) is 0 Å². The van der Waals surface area contributed by atoms with Gasteiger partial charge < -0.3 is 10.1 Å². The summed E-state index contributed by atoms with van der Waals surface area (Å²) in [5.41, 5.74) is 1.45. The van der Waals surface area contributed by atoms with Gasteiger partial charge in [0.1, 0.15) is 0 Å². The Bertz CT molecular complexity index is 411. The molecule has 1 N–H and O–H groups in total. The summed E-state index contributed by atoms with van der Waals surface area (Å²) in [5, 5.41) is 3.52. The third kappa shape index (κ3) is 3.77. The average molecular weight is 262 g/mol. The quantitative estimate of drug-likeness (QED) is 0.828. The van der Waals surface area contributed by atoms with Crippen molar-refractivity contribution < 1.29 is 9.53 Å². The van der Waals surface area contributed by atoms with E-state index in [1.807, 2.05) is 6.07 Å². The number of ether oxygens (including phenoxy) is 1. The second-order valence-corrected chi connectivity index (χ2v) is 5.24. The molecule has 1 aromatic heterocycles. The number of nitrogens with zero attached hydrogens (tertiary/aromatic N) is 1. The van der Waals surface area contributed by atoms with Crippen molar-refractivity contribution in [2.24, 2.45) is 5.92 Å². The van der Waals surface area contributed by atoms with Crippen LogP contribution in [-0.2, 0) is 11.3 Å². The van der Waals surface area contributed by atoms with Crippen molar-refractivity contribution in [3.05, 3.63) is 29.6 Å². The third-order valence-electron chi connectivity index (χ3n) is 3.96. The van der Waals surface area contributed by atoms with Crippen LogP contribution in [0.1, 0.15) is 48.7 Å². The van der Waals surface area contributed by atoms with E-state index in [1.165, 1.54) is 32.8 Å². The molecule has 4 nitrogen and oxygen atoms in total. The topological polar surface area (TPSA) is 51.2 Å². The molecule has 0 saturated heterocycles. The Kier molecular flexibility index (Phi) is 4.91. The molecular weight excluding hydrogens is 240 g/mol. The summed E-state index contributed by atoms with van der Waals surface area (Å²) < 4.78 is 4.65. The number of esters is 1. The number of pyridine rings is 1. The molecule has 0 aliphatic heterocycles. The summed E-state index contributed by atoms with van der Waals surface area (Å²) in [6.07, 6.45) is 6.97. The minimum Gasteiger partial charge on any atom is -0.465 e. The predicted molar refractivity (Wildman–Crippen MR) is 73.8 cm³/mol. The van der Waals surface area contributed by atoms with E-state index in [4.69, 9.17) is 0 Å². The van der Waals surface area contributed by atoms with Crippen molar-refractivity contribution in [1.29, 1.82) is 0 Å². The van der Waals surface area contributed by atoms with Gasteiger partial charge in [-0.3, -0.25) is 4.98 Å². The van der Waals surface area contributed by atoms with Gasteiger partial charge in [-0.25, -0.2) is 4.79 Å². The highest BCUT2D eigenvalue weighted by molar-refractivity contribution is 5.88. The van der Waals surface area contributed by atoms with Gasteiger partial charge in [0.15, 0.2) is 0 Å². The maximum absolute atomic E-state index is 11.3. The summed E-state index contributed by atoms with van der Waals surface area (Å²) in [7, 11) is 1.38. The summed E-state index contributed by atoms with van der Waals surface area (Å²) in [6.45, 7) is 3.00. The van der Waals surface area contributed by atoms with Crippen molar-refractivity contribution in [3.63, 3.8) is 0 Å². The Morgan fingerprint density at radius 2 is 2.21 bits per heavy atom. The summed E-state index contributed by atoms with van der Waals surface area (Å²) in [6, 6.07) is 4.17. The van der Waals surface area contributed by atoms with Crippen LogP contribution < -0.4 is 5.32 Å². The van der Waals surface area contributed by atoms with Crippen LogP contribution >= 0.6 is 0 Å². The van der Waals surface area contributed by atoms with Crippen LogP contribution in [-0.4, -0.2) is 24.1 Å². The van der Waals surface area contributed by atoms with Gasteiger partial charge in [0, 0.05) is 18.8 Å². The number of carbonyl (C=O) groups is 1. The van der Waals surface area contributed by atoms with Gasteiger partial charge in [-0.15, -0.1) is 0 Å². The molecule has 0 radical (unpaired) electrons. The van der Waals surface area contributed by atoms with E-state index >= 15 is 0 Å². The zero-order chi connectivity index (χ0) is 13.7. The fourth-order valence-electron chi connectivity index (χ4n) is 2.66. The van der Waals surface area contributed by atoms with Crippen LogP contribution in [0.15, 0.2) is 18.3 Å². The molecule has 1 aliphatic rings. The molecule has 2 rings (SSSR count). The van der Waals surface area contributed by atoms with Crippen molar-refractivity contribution >= 4 is 5.97 Å². The van der Waals surface area contributed by atoms with Gasteiger partial charge in [-0.1, -0.05) is 12.8 Å². The maximum atomic E-state index is 11.3. The fourth-order valence-corrected chi connectivity index (χ4v) is 2.66. The SMILES string of the molecule is COC(=O)c1ccc(CNC(C)C2CCCC2)nc1. The van der Waals surface area contributed by atoms with E-state index in [1.54, 1.807) is 12.3 Å². The molecule has 1 heterocycles. The molecule has 0 spiro atoms. The second kappa shape index (κ2) is 6.66. The first-order chi connectivity index (χ1) is 9.20. The molecule has 0 aromatic carbocycles. The van der Waals surface area contributed by atoms with Gasteiger partial charge in [-0.2, -0.15) is 0 Å². The molecular formula is C15H22N2O2. The Balaban J connectivity index is 1.84. The number of rotatable bonds is 5. The lowest BCUT2D eigenvalue weighted by Crippen LogP contribution is -2.32. The van der Waals surface area contributed by atoms with E-state index in [9.17, 15) is 4.79 Å². The van der Waals surface area contributed by atoms with Gasteiger partial charge in [0.05, 0.1) is 18.4 Å². The van der Waals surface area contributed by atoms with E-state index in [-0.39, 0.29) is 5.97 Å². The Labute approximate surface area is 114 Å². The van der Waals surface area contributed by atoms with Gasteiger partial charge in [0.2, 0.25) is 0 Å². The molecule has 1 saturated carbocycles. The van der Waals surface area contributed by atoms with Crippen LogP contribution in [0.3, 0.4) is 0 Å². The van der Waals surface area contributed by atoms with Crippen molar-refractivity contribution in [2.45, 2.75) is 45.2 Å². The van der Waals surface area contributed by atoms with Crippen molar-refractivity contribution in [2.75, 3.05) is 7.11 Å². The highest BCUT2D eigenvalue weighted by Crippen LogP contribution is 2.27. The first-order valence-electron chi connectivity index (χ1n) is 6.97. The molecule has 1 unspecified atom stereocenters. The normalized spacial score (nSPS) is 17.4. The van der Waals surface area contributed by atoms with E-state index < -0.39 is 0 Å². The van der Waals surface area contributed by atoms with Crippen molar-refractivity contribution in [3.8, 4) is 0 Å². The number of hydrogen-bond donors (Lipinski definition) is 1. The third-order valence-corrected chi connectivity index (χ3v) is 3.96. The number of hydrogen-bond acceptors (Lipinski definition) is 4. The maximum Gasteiger partial charge on any atom is 0.339 e. The van der Waals surface area contributed by atoms with Crippen LogP contribution in [0.4, 0.5) is 0 Å². The molecule has 1 aliphatic carbocycles. The molecule has 0 amide bonds. The number of carbonyl (C=O) groups excluding carboxylic acids is 1. The molecule has 104 valence electrons. The molecule has 1 aromatic rings.